The molecule has 1 aromatic carbocycles. The lowest BCUT2D eigenvalue weighted by Crippen LogP contribution is -2.14. The number of rotatable bonds is 4. The normalized spacial score (nSPS) is 15.0. The minimum atomic E-state index is 0.541. The molecular formula is C12H11Cl2N3S. The number of hydrogen-bond donors (Lipinski definition) is 1. The summed E-state index contributed by atoms with van der Waals surface area (Å²) in [6.45, 7) is 0.792. The molecular weight excluding hydrogens is 289 g/mol. The number of benzene rings is 1. The van der Waals surface area contributed by atoms with E-state index in [0.717, 1.165) is 22.7 Å². The zero-order valence-electron chi connectivity index (χ0n) is 9.49. The molecule has 0 spiro atoms. The Morgan fingerprint density at radius 2 is 2.17 bits per heavy atom. The van der Waals surface area contributed by atoms with E-state index < -0.39 is 0 Å². The van der Waals surface area contributed by atoms with Crippen molar-refractivity contribution in [3.05, 3.63) is 33.1 Å². The molecule has 1 heterocycles. The van der Waals surface area contributed by atoms with Crippen molar-refractivity contribution in [3.63, 3.8) is 0 Å². The first kappa shape index (κ1) is 12.4. The smallest absolute Gasteiger partial charge is 0.111 e. The summed E-state index contributed by atoms with van der Waals surface area (Å²) in [5.41, 5.74) is 1.69. The predicted molar refractivity (Wildman–Crippen MR) is 75.2 cm³/mol. The minimum Gasteiger partial charge on any atom is -0.309 e. The SMILES string of the molecule is Clc1cccc(-c2nnsc2CNC2CC2)c1Cl. The van der Waals surface area contributed by atoms with Crippen LogP contribution in [-0.4, -0.2) is 15.6 Å². The second kappa shape index (κ2) is 5.13. The third kappa shape index (κ3) is 2.52. The molecule has 1 fully saturated rings. The van der Waals surface area contributed by atoms with Gasteiger partial charge >= 0.3 is 0 Å². The van der Waals surface area contributed by atoms with Gasteiger partial charge in [-0.1, -0.05) is 39.8 Å². The van der Waals surface area contributed by atoms with E-state index in [1.165, 1.54) is 24.4 Å². The second-order valence-corrected chi connectivity index (χ2v) is 5.93. The second-order valence-electron chi connectivity index (χ2n) is 4.30. The van der Waals surface area contributed by atoms with Gasteiger partial charge in [0.15, 0.2) is 0 Å². The standard InChI is InChI=1S/C12H11Cl2N3S/c13-9-3-1-2-8(11(9)14)12-10(18-17-16-12)6-15-7-4-5-7/h1-3,7,15H,4-6H2. The molecule has 2 aromatic rings. The minimum absolute atomic E-state index is 0.541. The highest BCUT2D eigenvalue weighted by Gasteiger charge is 2.22. The van der Waals surface area contributed by atoms with Crippen LogP contribution >= 0.6 is 34.7 Å². The van der Waals surface area contributed by atoms with Gasteiger partial charge in [0.1, 0.15) is 5.69 Å². The highest BCUT2D eigenvalue weighted by atomic mass is 35.5. The van der Waals surface area contributed by atoms with Gasteiger partial charge in [0, 0.05) is 18.2 Å². The van der Waals surface area contributed by atoms with E-state index in [0.29, 0.717) is 16.1 Å². The molecule has 94 valence electrons. The molecule has 1 aromatic heterocycles. The fourth-order valence-electron chi connectivity index (χ4n) is 1.74. The first-order valence-electron chi connectivity index (χ1n) is 5.74. The van der Waals surface area contributed by atoms with Crippen LogP contribution < -0.4 is 5.32 Å². The third-order valence-corrected chi connectivity index (χ3v) is 4.43. The summed E-state index contributed by atoms with van der Waals surface area (Å²) in [5, 5.41) is 8.72. The molecule has 0 saturated heterocycles. The lowest BCUT2D eigenvalue weighted by Gasteiger charge is -2.05. The van der Waals surface area contributed by atoms with Gasteiger partial charge in [-0.25, -0.2) is 0 Å². The molecule has 0 unspecified atom stereocenters. The van der Waals surface area contributed by atoms with E-state index >= 15 is 0 Å². The molecule has 0 atom stereocenters. The molecule has 1 aliphatic rings. The molecule has 1 saturated carbocycles. The van der Waals surface area contributed by atoms with Crippen LogP contribution in [0.2, 0.25) is 10.0 Å². The molecule has 6 heteroatoms. The average Bonchev–Trinajstić information content (AvgIpc) is 3.08. The first-order valence-corrected chi connectivity index (χ1v) is 7.27. The Labute approximate surface area is 119 Å². The van der Waals surface area contributed by atoms with Gasteiger partial charge in [-0.05, 0) is 30.4 Å². The van der Waals surface area contributed by atoms with Crippen LogP contribution in [0.25, 0.3) is 11.3 Å². The lowest BCUT2D eigenvalue weighted by molar-refractivity contribution is 0.695. The van der Waals surface area contributed by atoms with E-state index in [-0.39, 0.29) is 0 Å². The van der Waals surface area contributed by atoms with Crippen molar-refractivity contribution in [2.75, 3.05) is 0 Å². The van der Waals surface area contributed by atoms with Crippen LogP contribution in [0.15, 0.2) is 18.2 Å². The Hall–Kier alpha value is -0.680. The van der Waals surface area contributed by atoms with Crippen LogP contribution in [0.1, 0.15) is 17.7 Å². The van der Waals surface area contributed by atoms with Gasteiger partial charge in [0.2, 0.25) is 0 Å². The molecule has 0 radical (unpaired) electrons. The Kier molecular flexibility index (Phi) is 3.52. The third-order valence-electron chi connectivity index (χ3n) is 2.89. The zero-order valence-corrected chi connectivity index (χ0v) is 11.8. The summed E-state index contributed by atoms with van der Waals surface area (Å²) in [6, 6.07) is 6.23. The largest absolute Gasteiger partial charge is 0.309 e. The van der Waals surface area contributed by atoms with E-state index in [9.17, 15) is 0 Å². The van der Waals surface area contributed by atoms with Crippen molar-refractivity contribution in [2.45, 2.75) is 25.4 Å². The fraction of sp³-hybridized carbons (Fsp3) is 0.333. The predicted octanol–water partition coefficient (Wildman–Crippen LogP) is 3.76. The Morgan fingerprint density at radius 1 is 1.33 bits per heavy atom. The Morgan fingerprint density at radius 3 is 2.94 bits per heavy atom. The van der Waals surface area contributed by atoms with Crippen molar-refractivity contribution in [3.8, 4) is 11.3 Å². The van der Waals surface area contributed by atoms with Crippen LogP contribution in [0.4, 0.5) is 0 Å². The Bertz CT molecular complexity index is 566. The average molecular weight is 300 g/mol. The maximum Gasteiger partial charge on any atom is 0.111 e. The van der Waals surface area contributed by atoms with Gasteiger partial charge < -0.3 is 5.32 Å². The number of aromatic nitrogens is 2. The quantitative estimate of drug-likeness (QED) is 0.934. The fourth-order valence-corrected chi connectivity index (χ4v) is 2.74. The molecule has 0 bridgehead atoms. The molecule has 1 N–H and O–H groups in total. The number of nitrogens with one attached hydrogen (secondary N) is 1. The van der Waals surface area contributed by atoms with E-state index in [1.54, 1.807) is 6.07 Å². The maximum atomic E-state index is 6.22. The maximum absolute atomic E-state index is 6.22. The van der Waals surface area contributed by atoms with Crippen molar-refractivity contribution in [1.82, 2.24) is 14.9 Å². The van der Waals surface area contributed by atoms with Crippen LogP contribution in [0.5, 0.6) is 0 Å². The monoisotopic (exact) mass is 299 g/mol. The first-order chi connectivity index (χ1) is 8.75. The summed E-state index contributed by atoms with van der Waals surface area (Å²) in [4.78, 5) is 1.10. The number of nitrogens with zero attached hydrogens (tertiary/aromatic N) is 2. The van der Waals surface area contributed by atoms with Crippen LogP contribution in [0, 0.1) is 0 Å². The Balaban J connectivity index is 1.90. The highest BCUT2D eigenvalue weighted by molar-refractivity contribution is 7.06. The van der Waals surface area contributed by atoms with Crippen LogP contribution in [-0.2, 0) is 6.54 Å². The van der Waals surface area contributed by atoms with Gasteiger partial charge in [0.05, 0.1) is 14.9 Å². The van der Waals surface area contributed by atoms with Crippen LogP contribution in [0.3, 0.4) is 0 Å². The van der Waals surface area contributed by atoms with Gasteiger partial charge in [-0.15, -0.1) is 5.10 Å². The van der Waals surface area contributed by atoms with Crippen molar-refractivity contribution < 1.29 is 0 Å². The molecule has 3 nitrogen and oxygen atoms in total. The van der Waals surface area contributed by atoms with E-state index in [2.05, 4.69) is 14.9 Å². The van der Waals surface area contributed by atoms with Crippen molar-refractivity contribution in [1.29, 1.82) is 0 Å². The van der Waals surface area contributed by atoms with Gasteiger partial charge in [-0.2, -0.15) is 0 Å². The molecule has 1 aliphatic carbocycles. The van der Waals surface area contributed by atoms with Gasteiger partial charge in [-0.3, -0.25) is 0 Å². The van der Waals surface area contributed by atoms with Gasteiger partial charge in [0.25, 0.3) is 0 Å². The summed E-state index contributed by atoms with van der Waals surface area (Å²) in [5.74, 6) is 0. The summed E-state index contributed by atoms with van der Waals surface area (Å²) in [7, 11) is 0. The van der Waals surface area contributed by atoms with E-state index in [4.69, 9.17) is 23.2 Å². The topological polar surface area (TPSA) is 37.8 Å². The highest BCUT2D eigenvalue weighted by Crippen LogP contribution is 2.35. The molecule has 0 amide bonds. The number of halogens is 2. The zero-order chi connectivity index (χ0) is 12.5. The molecule has 18 heavy (non-hydrogen) atoms. The molecule has 0 aliphatic heterocycles. The van der Waals surface area contributed by atoms with Crippen molar-refractivity contribution >= 4 is 34.7 Å². The van der Waals surface area contributed by atoms with E-state index in [1.807, 2.05) is 12.1 Å². The van der Waals surface area contributed by atoms with Crippen molar-refractivity contribution in [2.24, 2.45) is 0 Å². The molecule has 3 rings (SSSR count). The summed E-state index contributed by atoms with van der Waals surface area (Å²) < 4.78 is 4.02. The number of hydrogen-bond acceptors (Lipinski definition) is 4. The summed E-state index contributed by atoms with van der Waals surface area (Å²) >= 11 is 13.6. The summed E-state index contributed by atoms with van der Waals surface area (Å²) in [6.07, 6.45) is 2.53. The lowest BCUT2D eigenvalue weighted by atomic mass is 10.1.